The van der Waals surface area contributed by atoms with Crippen LogP contribution >= 0.6 is 0 Å². The fourth-order valence-electron chi connectivity index (χ4n) is 4.84. The van der Waals surface area contributed by atoms with Gasteiger partial charge in [-0.3, -0.25) is 4.79 Å². The van der Waals surface area contributed by atoms with Gasteiger partial charge in [0, 0.05) is 17.7 Å². The van der Waals surface area contributed by atoms with Crippen molar-refractivity contribution >= 4 is 11.0 Å². The van der Waals surface area contributed by atoms with Gasteiger partial charge in [-0.2, -0.15) is 0 Å². The highest BCUT2D eigenvalue weighted by atomic mass is 16.7. The van der Waals surface area contributed by atoms with Crippen molar-refractivity contribution in [1.29, 1.82) is 0 Å². The second-order valence-electron chi connectivity index (χ2n) is 9.65. The Kier molecular flexibility index (Phi) is 7.26. The lowest BCUT2D eigenvalue weighted by molar-refractivity contribution is -0.331. The maximum Gasteiger partial charge on any atom is 0.197 e. The van der Waals surface area contributed by atoms with E-state index in [1.54, 1.807) is 0 Å². The first kappa shape index (κ1) is 27.3. The number of aliphatic hydroxyl groups excluding tert-OH is 5. The summed E-state index contributed by atoms with van der Waals surface area (Å²) in [5.41, 5.74) is -0.813. The van der Waals surface area contributed by atoms with Gasteiger partial charge in [0.05, 0.1) is 18.3 Å². The van der Waals surface area contributed by atoms with Crippen LogP contribution < -0.4 is 5.43 Å². The average molecular weight is 548 g/mol. The Morgan fingerprint density at radius 2 is 1.56 bits per heavy atom. The summed E-state index contributed by atoms with van der Waals surface area (Å²) in [6.07, 6.45) is -13.6. The van der Waals surface area contributed by atoms with Crippen LogP contribution in [0.1, 0.15) is 18.6 Å². The molecule has 0 saturated carbocycles. The van der Waals surface area contributed by atoms with Crippen LogP contribution in [0.4, 0.5) is 0 Å². The van der Waals surface area contributed by atoms with Crippen molar-refractivity contribution in [3.63, 3.8) is 0 Å². The normalized spacial score (nSPS) is 33.3. The quantitative estimate of drug-likeness (QED) is 0.208. The van der Waals surface area contributed by atoms with Crippen molar-refractivity contribution in [2.24, 2.45) is 0 Å². The van der Waals surface area contributed by atoms with E-state index < -0.39 is 78.7 Å². The van der Waals surface area contributed by atoms with E-state index in [1.807, 2.05) is 0 Å². The average Bonchev–Trinajstić information content (AvgIpc) is 2.89. The van der Waals surface area contributed by atoms with Gasteiger partial charge >= 0.3 is 0 Å². The summed E-state index contributed by atoms with van der Waals surface area (Å²) in [6.45, 7) is 0.996. The molecule has 3 heterocycles. The standard InChI is InChI=1S/C26H28O13/c1-9-19(32)21(34)22(35)26(37-9)39-25-20(33)15(31)8-36-24(25)18-13(29)6-12(28)17-14(30)7-16(38-23(17)18)10-2-4-11(27)5-3-10/h2-7,9,15,19-22,24-29,31-35H,8H2,1H3. The highest BCUT2D eigenvalue weighted by molar-refractivity contribution is 5.89. The summed E-state index contributed by atoms with van der Waals surface area (Å²) in [6, 6.07) is 7.70. The molecule has 2 fully saturated rings. The molecule has 9 atom stereocenters. The van der Waals surface area contributed by atoms with Gasteiger partial charge in [-0.1, -0.05) is 0 Å². The molecule has 5 rings (SSSR count). The number of ether oxygens (including phenoxy) is 3. The van der Waals surface area contributed by atoms with Crippen molar-refractivity contribution in [2.75, 3.05) is 6.61 Å². The van der Waals surface area contributed by atoms with Crippen LogP contribution in [0.2, 0.25) is 0 Å². The Morgan fingerprint density at radius 1 is 0.872 bits per heavy atom. The Hall–Kier alpha value is -3.27. The number of hydrogen-bond acceptors (Lipinski definition) is 13. The minimum Gasteiger partial charge on any atom is -0.508 e. The van der Waals surface area contributed by atoms with Crippen molar-refractivity contribution in [3.8, 4) is 28.6 Å². The minimum absolute atomic E-state index is 0.0181. The summed E-state index contributed by atoms with van der Waals surface area (Å²) in [4.78, 5) is 13.1. The summed E-state index contributed by atoms with van der Waals surface area (Å²) in [5.74, 6) is -1.20. The molecular formula is C26H28O13. The van der Waals surface area contributed by atoms with Crippen LogP contribution in [0.15, 0.2) is 45.6 Å². The van der Waals surface area contributed by atoms with E-state index in [0.717, 1.165) is 12.1 Å². The largest absolute Gasteiger partial charge is 0.508 e. The minimum atomic E-state index is -1.76. The van der Waals surface area contributed by atoms with Crippen molar-refractivity contribution in [1.82, 2.24) is 0 Å². The maximum absolute atomic E-state index is 13.1. The molecule has 13 heteroatoms. The molecule has 8 N–H and O–H groups in total. The monoisotopic (exact) mass is 548 g/mol. The van der Waals surface area contributed by atoms with Gasteiger partial charge in [0.15, 0.2) is 17.3 Å². The van der Waals surface area contributed by atoms with Gasteiger partial charge in [0.1, 0.15) is 71.1 Å². The maximum atomic E-state index is 13.1. The Bertz CT molecular complexity index is 1400. The molecule has 0 bridgehead atoms. The van der Waals surface area contributed by atoms with Gasteiger partial charge in [-0.15, -0.1) is 0 Å². The van der Waals surface area contributed by atoms with Crippen LogP contribution in [0.3, 0.4) is 0 Å². The third kappa shape index (κ3) is 4.83. The van der Waals surface area contributed by atoms with E-state index >= 15 is 0 Å². The molecular weight excluding hydrogens is 520 g/mol. The van der Waals surface area contributed by atoms with E-state index in [-0.39, 0.29) is 28.0 Å². The summed E-state index contributed by atoms with van der Waals surface area (Å²) < 4.78 is 22.9. The van der Waals surface area contributed by atoms with Crippen LogP contribution in [-0.4, -0.2) is 96.5 Å². The number of phenols is 3. The number of rotatable bonds is 4. The molecule has 0 radical (unpaired) electrons. The topological polar surface area (TPSA) is 220 Å². The lowest BCUT2D eigenvalue weighted by Crippen LogP contribution is -2.60. The Morgan fingerprint density at radius 3 is 2.26 bits per heavy atom. The predicted molar refractivity (Wildman–Crippen MR) is 131 cm³/mol. The molecule has 39 heavy (non-hydrogen) atoms. The molecule has 0 aliphatic carbocycles. The van der Waals surface area contributed by atoms with Crippen LogP contribution in [0.5, 0.6) is 17.2 Å². The third-order valence-corrected chi connectivity index (χ3v) is 7.01. The number of aliphatic hydroxyl groups is 5. The molecule has 9 unspecified atom stereocenters. The molecule has 0 spiro atoms. The van der Waals surface area contributed by atoms with Gasteiger partial charge in [0.2, 0.25) is 0 Å². The smallest absolute Gasteiger partial charge is 0.197 e. The van der Waals surface area contributed by atoms with Crippen LogP contribution in [0.25, 0.3) is 22.3 Å². The van der Waals surface area contributed by atoms with Gasteiger partial charge in [0.25, 0.3) is 0 Å². The third-order valence-electron chi connectivity index (χ3n) is 7.01. The molecule has 2 aromatic carbocycles. The molecule has 13 nitrogen and oxygen atoms in total. The van der Waals surface area contributed by atoms with E-state index in [1.165, 1.54) is 31.2 Å². The first-order valence-electron chi connectivity index (χ1n) is 12.1. The Balaban J connectivity index is 1.63. The van der Waals surface area contributed by atoms with E-state index in [2.05, 4.69) is 0 Å². The molecule has 2 aliphatic heterocycles. The number of phenolic OH excluding ortho intramolecular Hbond substituents is 3. The molecule has 3 aromatic rings. The second-order valence-corrected chi connectivity index (χ2v) is 9.65. The van der Waals surface area contributed by atoms with Crippen molar-refractivity contribution in [3.05, 3.63) is 52.2 Å². The SMILES string of the molecule is CC1OC(OC2C(c3c(O)cc(O)c4c(=O)cc(-c5ccc(O)cc5)oc34)OCC(O)C2O)C(O)C(O)C1O. The lowest BCUT2D eigenvalue weighted by Gasteiger charge is -2.44. The van der Waals surface area contributed by atoms with Crippen molar-refractivity contribution in [2.45, 2.75) is 62.0 Å². The zero-order valence-electron chi connectivity index (χ0n) is 20.5. The molecule has 0 amide bonds. The molecule has 2 aliphatic rings. The van der Waals surface area contributed by atoms with Crippen molar-refractivity contribution < 1.29 is 59.5 Å². The summed E-state index contributed by atoms with van der Waals surface area (Å²) in [7, 11) is 0. The molecule has 2 saturated heterocycles. The Labute approximate surface area is 220 Å². The first-order chi connectivity index (χ1) is 18.5. The summed E-state index contributed by atoms with van der Waals surface area (Å²) in [5, 5.41) is 82.4. The predicted octanol–water partition coefficient (Wildman–Crippen LogP) is -0.417. The highest BCUT2D eigenvalue weighted by Gasteiger charge is 2.49. The summed E-state index contributed by atoms with van der Waals surface area (Å²) >= 11 is 0. The van der Waals surface area contributed by atoms with E-state index in [9.17, 15) is 45.6 Å². The van der Waals surface area contributed by atoms with Crippen LogP contribution in [-0.2, 0) is 14.2 Å². The molecule has 210 valence electrons. The fourth-order valence-corrected chi connectivity index (χ4v) is 4.84. The second kappa shape index (κ2) is 10.4. The number of aromatic hydroxyl groups is 3. The fraction of sp³-hybridized carbons (Fsp3) is 0.423. The van der Waals surface area contributed by atoms with E-state index in [4.69, 9.17) is 18.6 Å². The van der Waals surface area contributed by atoms with Gasteiger partial charge in [-0.05, 0) is 31.2 Å². The zero-order valence-corrected chi connectivity index (χ0v) is 20.5. The lowest BCUT2D eigenvalue weighted by atomic mass is 9.91. The van der Waals surface area contributed by atoms with Crippen LogP contribution in [0, 0.1) is 0 Å². The zero-order chi connectivity index (χ0) is 28.2. The number of fused-ring (bicyclic) bond motifs is 1. The highest BCUT2D eigenvalue weighted by Crippen LogP contribution is 2.44. The first-order valence-corrected chi connectivity index (χ1v) is 12.1. The van der Waals surface area contributed by atoms with Gasteiger partial charge in [-0.25, -0.2) is 0 Å². The number of benzene rings is 2. The van der Waals surface area contributed by atoms with Gasteiger partial charge < -0.3 is 59.5 Å². The number of hydrogen-bond donors (Lipinski definition) is 8. The molecule has 1 aromatic heterocycles. The van der Waals surface area contributed by atoms with E-state index in [0.29, 0.717) is 5.56 Å².